The van der Waals surface area contributed by atoms with E-state index in [1.165, 1.54) is 0 Å². The quantitative estimate of drug-likeness (QED) is 0.680. The van der Waals surface area contributed by atoms with Gasteiger partial charge in [-0.25, -0.2) is 4.79 Å². The van der Waals surface area contributed by atoms with Gasteiger partial charge in [-0.2, -0.15) is 13.2 Å². The van der Waals surface area contributed by atoms with Crippen LogP contribution in [0.15, 0.2) is 0 Å². The van der Waals surface area contributed by atoms with E-state index in [4.69, 9.17) is 0 Å². The number of hydrogen-bond donors (Lipinski definition) is 1. The zero-order valence-corrected chi connectivity index (χ0v) is 5.81. The lowest BCUT2D eigenvalue weighted by molar-refractivity contribution is -0.178. The van der Waals surface area contributed by atoms with Crippen molar-refractivity contribution in [3.63, 3.8) is 0 Å². The molecule has 0 aliphatic carbocycles. The van der Waals surface area contributed by atoms with E-state index in [0.29, 0.717) is 0 Å². The maximum absolute atomic E-state index is 11.7. The molecule has 0 aromatic rings. The second-order valence-electron chi connectivity index (χ2n) is 2.07. The van der Waals surface area contributed by atoms with Crippen molar-refractivity contribution in [2.45, 2.75) is 13.1 Å². The number of alkyl halides is 3. The van der Waals surface area contributed by atoms with Crippen LogP contribution >= 0.6 is 0 Å². The summed E-state index contributed by atoms with van der Waals surface area (Å²) in [5.74, 6) is -1.67. The Morgan fingerprint density at radius 3 is 2.36 bits per heavy atom. The number of rotatable bonds is 2. The first-order valence-corrected chi connectivity index (χ1v) is 2.83. The van der Waals surface area contributed by atoms with Crippen molar-refractivity contribution < 1.29 is 22.7 Å². The highest BCUT2D eigenvalue weighted by molar-refractivity contribution is 5.64. The first-order chi connectivity index (χ1) is 4.84. The zero-order chi connectivity index (χ0) is 9.07. The fraction of sp³-hybridized carbons (Fsp3) is 0.800. The fourth-order valence-electron chi connectivity index (χ4n) is 0.302. The Balaban J connectivity index is 3.70. The lowest BCUT2D eigenvalue weighted by Crippen LogP contribution is -2.27. The van der Waals surface area contributed by atoms with Gasteiger partial charge in [-0.15, -0.1) is 0 Å². The zero-order valence-electron chi connectivity index (χ0n) is 5.81. The number of halogens is 3. The molecule has 0 aliphatic heterocycles. The molecule has 6 heteroatoms. The second-order valence-corrected chi connectivity index (χ2v) is 2.07. The topological polar surface area (TPSA) is 52.3 Å². The Morgan fingerprint density at radius 1 is 1.64 bits per heavy atom. The van der Waals surface area contributed by atoms with Crippen LogP contribution in [0.3, 0.4) is 0 Å². The van der Waals surface area contributed by atoms with Crippen molar-refractivity contribution in [3.05, 3.63) is 0 Å². The molecule has 0 rings (SSSR count). The molecule has 0 heterocycles. The third-order valence-electron chi connectivity index (χ3n) is 1.03. The number of hydrogen-bond acceptors (Lipinski definition) is 2. The molecule has 66 valence electrons. The molecule has 0 bridgehead atoms. The highest BCUT2D eigenvalue weighted by atomic mass is 19.4. The highest BCUT2D eigenvalue weighted by Crippen LogP contribution is 2.25. The van der Waals surface area contributed by atoms with Gasteiger partial charge in [0.15, 0.2) is 0 Å². The third-order valence-corrected chi connectivity index (χ3v) is 1.03. The van der Waals surface area contributed by atoms with E-state index in [-0.39, 0.29) is 0 Å². The van der Waals surface area contributed by atoms with Crippen LogP contribution in [0.5, 0.6) is 0 Å². The summed E-state index contributed by atoms with van der Waals surface area (Å²) in [6.07, 6.45) is -5.53. The van der Waals surface area contributed by atoms with Crippen LogP contribution in [0.1, 0.15) is 6.92 Å². The van der Waals surface area contributed by atoms with E-state index in [1.807, 2.05) is 0 Å². The summed E-state index contributed by atoms with van der Waals surface area (Å²) in [5.41, 5.74) is 4.46. The van der Waals surface area contributed by atoms with Crippen LogP contribution < -0.4 is 5.73 Å². The molecule has 1 atom stereocenters. The minimum atomic E-state index is -4.34. The Labute approximate surface area is 61.3 Å². The summed E-state index contributed by atoms with van der Waals surface area (Å²) in [6, 6.07) is 0. The maximum Gasteiger partial charge on any atom is 0.404 e. The largest absolute Gasteiger partial charge is 0.449 e. The number of amides is 1. The molecule has 3 nitrogen and oxygen atoms in total. The molecule has 11 heavy (non-hydrogen) atoms. The predicted octanol–water partition coefficient (Wildman–Crippen LogP) is 1.28. The standard InChI is InChI=1S/C5H8F3NO2/c1-3(5(6,7)8)2-11-4(9)10/h3H,2H2,1H3,(H2,9,10). The van der Waals surface area contributed by atoms with E-state index in [0.717, 1.165) is 6.92 Å². The van der Waals surface area contributed by atoms with Gasteiger partial charge in [0.25, 0.3) is 0 Å². The third kappa shape index (κ3) is 4.46. The monoisotopic (exact) mass is 171 g/mol. The van der Waals surface area contributed by atoms with E-state index in [2.05, 4.69) is 10.5 Å². The Hall–Kier alpha value is -0.940. The maximum atomic E-state index is 11.7. The van der Waals surface area contributed by atoms with E-state index < -0.39 is 24.8 Å². The predicted molar refractivity (Wildman–Crippen MR) is 30.8 cm³/mol. The molecule has 0 fully saturated rings. The number of carbonyl (C=O) groups excluding carboxylic acids is 1. The normalized spacial score (nSPS) is 14.2. The Kier molecular flexibility index (Phi) is 3.16. The summed E-state index contributed by atoms with van der Waals surface area (Å²) >= 11 is 0. The van der Waals surface area contributed by atoms with Crippen LogP contribution in [0.4, 0.5) is 18.0 Å². The van der Waals surface area contributed by atoms with Crippen molar-refractivity contribution >= 4 is 6.09 Å². The average molecular weight is 171 g/mol. The van der Waals surface area contributed by atoms with Gasteiger partial charge in [-0.05, 0) is 0 Å². The molecule has 2 N–H and O–H groups in total. The summed E-state index contributed by atoms with van der Waals surface area (Å²) in [5, 5.41) is 0. The Bertz CT molecular complexity index is 145. The number of ether oxygens (including phenoxy) is 1. The van der Waals surface area contributed by atoms with Crippen molar-refractivity contribution in [1.29, 1.82) is 0 Å². The molecular formula is C5H8F3NO2. The SMILES string of the molecule is CC(COC(N)=O)C(F)(F)F. The lowest BCUT2D eigenvalue weighted by Gasteiger charge is -2.13. The van der Waals surface area contributed by atoms with Crippen molar-refractivity contribution in [1.82, 2.24) is 0 Å². The fourth-order valence-corrected chi connectivity index (χ4v) is 0.302. The van der Waals surface area contributed by atoms with Crippen LogP contribution in [-0.4, -0.2) is 18.9 Å². The smallest absolute Gasteiger partial charge is 0.404 e. The molecule has 0 aromatic heterocycles. The van der Waals surface area contributed by atoms with Crippen molar-refractivity contribution in [2.75, 3.05) is 6.61 Å². The van der Waals surface area contributed by atoms with E-state index >= 15 is 0 Å². The average Bonchev–Trinajstić information content (AvgIpc) is 1.80. The van der Waals surface area contributed by atoms with Gasteiger partial charge in [-0.3, -0.25) is 0 Å². The minimum Gasteiger partial charge on any atom is -0.449 e. The molecule has 0 aliphatic rings. The van der Waals surface area contributed by atoms with Crippen molar-refractivity contribution in [3.8, 4) is 0 Å². The number of primary amides is 1. The van der Waals surface area contributed by atoms with Crippen LogP contribution in [0.25, 0.3) is 0 Å². The molecule has 1 amide bonds. The van der Waals surface area contributed by atoms with Gasteiger partial charge in [-0.1, -0.05) is 6.92 Å². The molecule has 0 saturated carbocycles. The van der Waals surface area contributed by atoms with Crippen LogP contribution in [0, 0.1) is 5.92 Å². The number of nitrogens with two attached hydrogens (primary N) is 1. The van der Waals surface area contributed by atoms with Crippen LogP contribution in [0.2, 0.25) is 0 Å². The van der Waals surface area contributed by atoms with E-state index in [9.17, 15) is 18.0 Å². The second kappa shape index (κ2) is 3.45. The first-order valence-electron chi connectivity index (χ1n) is 2.83. The number of carbonyl (C=O) groups is 1. The van der Waals surface area contributed by atoms with Crippen LogP contribution in [-0.2, 0) is 4.74 Å². The summed E-state index contributed by atoms with van der Waals surface area (Å²) in [4.78, 5) is 9.86. The molecular weight excluding hydrogens is 163 g/mol. The molecule has 1 unspecified atom stereocenters. The molecule has 0 saturated heterocycles. The summed E-state index contributed by atoms with van der Waals surface area (Å²) < 4.78 is 39.0. The highest BCUT2D eigenvalue weighted by Gasteiger charge is 2.36. The van der Waals surface area contributed by atoms with Gasteiger partial charge in [0.1, 0.15) is 6.61 Å². The van der Waals surface area contributed by atoms with Gasteiger partial charge >= 0.3 is 12.3 Å². The lowest BCUT2D eigenvalue weighted by atomic mass is 10.2. The summed E-state index contributed by atoms with van der Waals surface area (Å²) in [6.45, 7) is 0.182. The summed E-state index contributed by atoms with van der Waals surface area (Å²) in [7, 11) is 0. The minimum absolute atomic E-state index is 0.723. The first kappa shape index (κ1) is 10.1. The van der Waals surface area contributed by atoms with E-state index in [1.54, 1.807) is 0 Å². The molecule has 0 radical (unpaired) electrons. The molecule has 0 aromatic carbocycles. The van der Waals surface area contributed by atoms with Crippen molar-refractivity contribution in [2.24, 2.45) is 11.7 Å². The molecule has 0 spiro atoms. The Morgan fingerprint density at radius 2 is 2.09 bits per heavy atom. The van der Waals surface area contributed by atoms with Gasteiger partial charge in [0.05, 0.1) is 5.92 Å². The van der Waals surface area contributed by atoms with Gasteiger partial charge in [0.2, 0.25) is 0 Å². The van der Waals surface area contributed by atoms with Gasteiger partial charge in [0, 0.05) is 0 Å². The van der Waals surface area contributed by atoms with Gasteiger partial charge < -0.3 is 10.5 Å².